The molecule has 1 aliphatic heterocycles. The zero-order chi connectivity index (χ0) is 13.9. The minimum Gasteiger partial charge on any atom is -0.339 e. The molecule has 1 aliphatic rings. The predicted molar refractivity (Wildman–Crippen MR) is 71.6 cm³/mol. The Hall–Kier alpha value is -2.28. The van der Waals surface area contributed by atoms with Gasteiger partial charge in [0.15, 0.2) is 0 Å². The molecule has 7 heteroatoms. The van der Waals surface area contributed by atoms with E-state index >= 15 is 0 Å². The Balaban J connectivity index is 1.67. The van der Waals surface area contributed by atoms with Crippen LogP contribution >= 0.6 is 0 Å². The van der Waals surface area contributed by atoms with E-state index in [1.807, 2.05) is 18.2 Å². The van der Waals surface area contributed by atoms with E-state index in [4.69, 9.17) is 5.73 Å². The van der Waals surface area contributed by atoms with Crippen LogP contribution in [0.2, 0.25) is 0 Å². The van der Waals surface area contributed by atoms with Crippen molar-refractivity contribution in [2.45, 2.75) is 18.5 Å². The van der Waals surface area contributed by atoms with Gasteiger partial charge in [0, 0.05) is 25.0 Å². The number of benzene rings is 1. The molecule has 0 bridgehead atoms. The summed E-state index contributed by atoms with van der Waals surface area (Å²) in [5.41, 5.74) is 7.35. The Bertz CT molecular complexity index is 570. The van der Waals surface area contributed by atoms with Crippen molar-refractivity contribution >= 4 is 5.91 Å². The van der Waals surface area contributed by atoms with Crippen molar-refractivity contribution in [3.05, 3.63) is 42.2 Å². The monoisotopic (exact) mass is 272 g/mol. The van der Waals surface area contributed by atoms with Gasteiger partial charge in [0.1, 0.15) is 12.9 Å². The van der Waals surface area contributed by atoms with E-state index in [-0.39, 0.29) is 24.4 Å². The lowest BCUT2D eigenvalue weighted by atomic mass is 9.95. The quantitative estimate of drug-likeness (QED) is 0.823. The molecule has 1 fully saturated rings. The van der Waals surface area contributed by atoms with E-state index in [0.717, 1.165) is 0 Å². The van der Waals surface area contributed by atoms with Crippen LogP contribution in [0.25, 0.3) is 0 Å². The second-order valence-electron chi connectivity index (χ2n) is 4.99. The molecule has 1 amide bonds. The number of likely N-dealkylation sites (tertiary alicyclic amines) is 1. The van der Waals surface area contributed by atoms with Gasteiger partial charge in [-0.2, -0.15) is 0 Å². The number of aromatic nitrogens is 4. The number of tetrazole rings is 1. The molecule has 20 heavy (non-hydrogen) atoms. The Morgan fingerprint density at radius 3 is 2.80 bits per heavy atom. The second-order valence-corrected chi connectivity index (χ2v) is 4.99. The predicted octanol–water partition coefficient (Wildman–Crippen LogP) is -0.374. The van der Waals surface area contributed by atoms with Crippen LogP contribution in [-0.4, -0.2) is 50.1 Å². The Morgan fingerprint density at radius 1 is 1.30 bits per heavy atom. The molecule has 7 nitrogen and oxygen atoms in total. The van der Waals surface area contributed by atoms with Crippen molar-refractivity contribution in [3.8, 4) is 0 Å². The third-order valence-corrected chi connectivity index (χ3v) is 3.63. The van der Waals surface area contributed by atoms with Crippen molar-refractivity contribution < 1.29 is 4.79 Å². The summed E-state index contributed by atoms with van der Waals surface area (Å²) in [5, 5.41) is 10.7. The highest BCUT2D eigenvalue weighted by Crippen LogP contribution is 2.26. The lowest BCUT2D eigenvalue weighted by molar-refractivity contribution is -0.131. The lowest BCUT2D eigenvalue weighted by Crippen LogP contribution is -2.34. The van der Waals surface area contributed by atoms with E-state index in [0.29, 0.717) is 13.1 Å². The molecule has 0 unspecified atom stereocenters. The smallest absolute Gasteiger partial charge is 0.244 e. The molecule has 2 aromatic rings. The van der Waals surface area contributed by atoms with Gasteiger partial charge in [-0.1, -0.05) is 30.3 Å². The highest BCUT2D eigenvalue weighted by Gasteiger charge is 2.33. The highest BCUT2D eigenvalue weighted by atomic mass is 16.2. The zero-order valence-corrected chi connectivity index (χ0v) is 11.0. The third-order valence-electron chi connectivity index (χ3n) is 3.63. The molecule has 1 aromatic carbocycles. The number of rotatable bonds is 3. The molecule has 2 N–H and O–H groups in total. The summed E-state index contributed by atoms with van der Waals surface area (Å²) in [5.74, 6) is 0.181. The maximum atomic E-state index is 12.2. The van der Waals surface area contributed by atoms with Gasteiger partial charge < -0.3 is 10.6 Å². The van der Waals surface area contributed by atoms with E-state index in [1.54, 1.807) is 4.90 Å². The minimum absolute atomic E-state index is 0.00817. The third kappa shape index (κ3) is 2.53. The summed E-state index contributed by atoms with van der Waals surface area (Å²) >= 11 is 0. The number of nitrogens with two attached hydrogens (primary N) is 1. The first-order valence-corrected chi connectivity index (χ1v) is 6.53. The first kappa shape index (κ1) is 12.7. The van der Waals surface area contributed by atoms with Crippen LogP contribution in [0.1, 0.15) is 11.5 Å². The number of hydrogen-bond donors (Lipinski definition) is 1. The fourth-order valence-corrected chi connectivity index (χ4v) is 2.58. The average Bonchev–Trinajstić information content (AvgIpc) is 3.09. The molecule has 2 heterocycles. The van der Waals surface area contributed by atoms with Crippen LogP contribution in [0, 0.1) is 0 Å². The van der Waals surface area contributed by atoms with Crippen molar-refractivity contribution in [1.82, 2.24) is 25.1 Å². The van der Waals surface area contributed by atoms with E-state index in [9.17, 15) is 4.79 Å². The summed E-state index contributed by atoms with van der Waals surface area (Å²) in [4.78, 5) is 14.0. The Kier molecular flexibility index (Phi) is 3.42. The lowest BCUT2D eigenvalue weighted by Gasteiger charge is -2.16. The normalized spacial score (nSPS) is 22.1. The molecule has 1 aromatic heterocycles. The largest absolute Gasteiger partial charge is 0.339 e. The average molecular weight is 272 g/mol. The van der Waals surface area contributed by atoms with Crippen molar-refractivity contribution in [3.63, 3.8) is 0 Å². The topological polar surface area (TPSA) is 89.9 Å². The van der Waals surface area contributed by atoms with Crippen molar-refractivity contribution in [2.75, 3.05) is 13.1 Å². The SMILES string of the molecule is N[C@@H]1CN(C(=O)Cn2cnnn2)C[C@H]1c1ccccc1. The van der Waals surface area contributed by atoms with Crippen molar-refractivity contribution in [2.24, 2.45) is 5.73 Å². The Morgan fingerprint density at radius 2 is 2.10 bits per heavy atom. The number of carbonyl (C=O) groups is 1. The molecule has 2 atom stereocenters. The summed E-state index contributed by atoms with van der Waals surface area (Å²) in [7, 11) is 0. The van der Waals surface area contributed by atoms with Gasteiger partial charge in [-0.25, -0.2) is 4.68 Å². The summed E-state index contributed by atoms with van der Waals surface area (Å²) in [6.07, 6.45) is 1.43. The maximum Gasteiger partial charge on any atom is 0.244 e. The minimum atomic E-state index is -0.0322. The van der Waals surface area contributed by atoms with Crippen LogP contribution in [0.5, 0.6) is 0 Å². The van der Waals surface area contributed by atoms with Crippen LogP contribution in [-0.2, 0) is 11.3 Å². The van der Waals surface area contributed by atoms with Crippen LogP contribution in [0.4, 0.5) is 0 Å². The van der Waals surface area contributed by atoms with E-state index in [1.165, 1.54) is 16.6 Å². The van der Waals surface area contributed by atoms with Gasteiger partial charge in [-0.05, 0) is 16.0 Å². The Labute approximate surface area is 116 Å². The zero-order valence-electron chi connectivity index (χ0n) is 11.0. The van der Waals surface area contributed by atoms with Gasteiger partial charge in [-0.3, -0.25) is 4.79 Å². The summed E-state index contributed by atoms with van der Waals surface area (Å²) < 4.78 is 1.42. The van der Waals surface area contributed by atoms with Gasteiger partial charge >= 0.3 is 0 Å². The summed E-state index contributed by atoms with van der Waals surface area (Å²) in [6.45, 7) is 1.37. The standard InChI is InChI=1S/C13H16N6O/c14-12-7-18(13(20)8-19-9-15-16-17-19)6-11(12)10-4-2-1-3-5-10/h1-5,9,11-12H,6-8,14H2/t11-,12+/m0/s1. The first-order valence-electron chi connectivity index (χ1n) is 6.53. The molecule has 0 spiro atoms. The van der Waals surface area contributed by atoms with Gasteiger partial charge in [0.25, 0.3) is 0 Å². The van der Waals surface area contributed by atoms with E-state index in [2.05, 4.69) is 27.7 Å². The molecule has 1 saturated heterocycles. The fraction of sp³-hybridized carbons (Fsp3) is 0.385. The molecule has 0 aliphatic carbocycles. The van der Waals surface area contributed by atoms with Gasteiger partial charge in [-0.15, -0.1) is 5.10 Å². The molecular formula is C13H16N6O. The first-order chi connectivity index (χ1) is 9.74. The second kappa shape index (κ2) is 5.38. The van der Waals surface area contributed by atoms with Crippen LogP contribution in [0.3, 0.4) is 0 Å². The molecule has 104 valence electrons. The molecule has 3 rings (SSSR count). The number of nitrogens with zero attached hydrogens (tertiary/aromatic N) is 5. The van der Waals surface area contributed by atoms with Gasteiger partial charge in [0.05, 0.1) is 0 Å². The number of hydrogen-bond acceptors (Lipinski definition) is 5. The van der Waals surface area contributed by atoms with Crippen molar-refractivity contribution in [1.29, 1.82) is 0 Å². The van der Waals surface area contributed by atoms with Crippen LogP contribution < -0.4 is 5.73 Å². The summed E-state index contributed by atoms with van der Waals surface area (Å²) in [6, 6.07) is 10.0. The maximum absolute atomic E-state index is 12.2. The highest BCUT2D eigenvalue weighted by molar-refractivity contribution is 5.76. The van der Waals surface area contributed by atoms with Gasteiger partial charge in [0.2, 0.25) is 5.91 Å². The van der Waals surface area contributed by atoms with E-state index < -0.39 is 0 Å². The fourth-order valence-electron chi connectivity index (χ4n) is 2.58. The number of amides is 1. The molecule has 0 saturated carbocycles. The molecule has 0 radical (unpaired) electrons. The van der Waals surface area contributed by atoms with Crippen LogP contribution in [0.15, 0.2) is 36.7 Å². The number of carbonyl (C=O) groups excluding carboxylic acids is 1. The molecular weight excluding hydrogens is 256 g/mol.